The van der Waals surface area contributed by atoms with Gasteiger partial charge in [-0.1, -0.05) is 18.2 Å². The molecule has 0 saturated carbocycles. The molecule has 1 atom stereocenters. The summed E-state index contributed by atoms with van der Waals surface area (Å²) >= 11 is 0. The van der Waals surface area contributed by atoms with E-state index in [0.717, 1.165) is 16.6 Å². The predicted molar refractivity (Wildman–Crippen MR) is 121 cm³/mol. The van der Waals surface area contributed by atoms with Gasteiger partial charge in [0.15, 0.2) is 5.82 Å². The normalized spacial score (nSPS) is 16.7. The molecule has 1 aromatic heterocycles. The maximum atomic E-state index is 13.6. The van der Waals surface area contributed by atoms with Crippen molar-refractivity contribution in [3.05, 3.63) is 58.8 Å². The summed E-state index contributed by atoms with van der Waals surface area (Å²) in [6.07, 6.45) is -0.395. The molecule has 0 aliphatic carbocycles. The molecule has 2 heterocycles. The summed E-state index contributed by atoms with van der Waals surface area (Å²) < 4.78 is 27.3. The number of halogens is 2. The average molecular weight is 440 g/mol. The van der Waals surface area contributed by atoms with Crippen molar-refractivity contribution in [3.63, 3.8) is 0 Å². The number of aromatic carboxylic acids is 1. The Morgan fingerprint density at radius 1 is 1.16 bits per heavy atom. The molecule has 2 N–H and O–H groups in total. The third kappa shape index (κ3) is 4.35. The van der Waals surface area contributed by atoms with Gasteiger partial charge in [-0.15, -0.1) is 0 Å². The zero-order chi connectivity index (χ0) is 23.0. The van der Waals surface area contributed by atoms with Gasteiger partial charge in [-0.3, -0.25) is 0 Å². The quantitative estimate of drug-likeness (QED) is 0.557. The van der Waals surface area contributed by atoms with Crippen molar-refractivity contribution in [1.29, 1.82) is 0 Å². The van der Waals surface area contributed by atoms with E-state index in [-0.39, 0.29) is 37.5 Å². The molecule has 168 valence electrons. The number of nitrogens with one attached hydrogen (secondary N) is 1. The predicted octanol–water partition coefficient (Wildman–Crippen LogP) is 5.35. The third-order valence-corrected chi connectivity index (χ3v) is 5.88. The highest BCUT2D eigenvalue weighted by Crippen LogP contribution is 2.33. The van der Waals surface area contributed by atoms with Crippen molar-refractivity contribution >= 4 is 28.5 Å². The first kappa shape index (κ1) is 21.9. The lowest BCUT2D eigenvalue weighted by atomic mass is 10.0. The summed E-state index contributed by atoms with van der Waals surface area (Å²) in [7, 11) is 0. The number of aryl methyl sites for hydroxylation is 2. The second-order valence-electron chi connectivity index (χ2n) is 8.41. The van der Waals surface area contributed by atoms with E-state index in [4.69, 9.17) is 9.97 Å². The Morgan fingerprint density at radius 3 is 2.53 bits per heavy atom. The Hall–Kier alpha value is -3.29. The SMILES string of the molecule is Cc1cc([C@@H](C)Nc2ccccc2C(=O)O)c2nc(N3CCC(F)(F)CC3)c(C)nc2c1. The average Bonchev–Trinajstić information content (AvgIpc) is 2.73. The number of nitrogens with zero attached hydrogens (tertiary/aromatic N) is 3. The number of fused-ring (bicyclic) bond motifs is 1. The van der Waals surface area contributed by atoms with E-state index in [9.17, 15) is 18.7 Å². The first-order valence-electron chi connectivity index (χ1n) is 10.7. The number of piperidine rings is 1. The molecular weight excluding hydrogens is 414 g/mol. The maximum absolute atomic E-state index is 13.6. The van der Waals surface area contributed by atoms with Crippen LogP contribution in [0.1, 0.15) is 53.0 Å². The van der Waals surface area contributed by atoms with Crippen LogP contribution < -0.4 is 10.2 Å². The lowest BCUT2D eigenvalue weighted by molar-refractivity contribution is -0.0221. The molecule has 6 nitrogen and oxygen atoms in total. The zero-order valence-corrected chi connectivity index (χ0v) is 18.3. The van der Waals surface area contributed by atoms with Gasteiger partial charge in [-0.25, -0.2) is 23.5 Å². The highest BCUT2D eigenvalue weighted by molar-refractivity contribution is 5.94. The molecule has 0 amide bonds. The highest BCUT2D eigenvalue weighted by Gasteiger charge is 2.35. The molecule has 0 spiro atoms. The van der Waals surface area contributed by atoms with Crippen molar-refractivity contribution in [2.45, 2.75) is 45.6 Å². The summed E-state index contributed by atoms with van der Waals surface area (Å²) in [4.78, 5) is 23.1. The van der Waals surface area contributed by atoms with E-state index < -0.39 is 11.9 Å². The Labute approximate surface area is 185 Å². The minimum Gasteiger partial charge on any atom is -0.478 e. The molecule has 1 aliphatic rings. The summed E-state index contributed by atoms with van der Waals surface area (Å²) in [5, 5.41) is 12.8. The fourth-order valence-electron chi connectivity index (χ4n) is 4.19. The topological polar surface area (TPSA) is 78.3 Å². The summed E-state index contributed by atoms with van der Waals surface area (Å²) in [6.45, 7) is 6.22. The van der Waals surface area contributed by atoms with Crippen molar-refractivity contribution < 1.29 is 18.7 Å². The van der Waals surface area contributed by atoms with Crippen LogP contribution >= 0.6 is 0 Å². The minimum atomic E-state index is -2.63. The van der Waals surface area contributed by atoms with Crippen LogP contribution in [-0.2, 0) is 0 Å². The number of benzene rings is 2. The van der Waals surface area contributed by atoms with Gasteiger partial charge in [0.1, 0.15) is 0 Å². The lowest BCUT2D eigenvalue weighted by Crippen LogP contribution is -2.40. The number of carbonyl (C=O) groups is 1. The van der Waals surface area contributed by atoms with E-state index in [1.54, 1.807) is 24.3 Å². The number of anilines is 2. The second-order valence-corrected chi connectivity index (χ2v) is 8.41. The van der Waals surface area contributed by atoms with Gasteiger partial charge in [0.05, 0.1) is 28.3 Å². The fourth-order valence-corrected chi connectivity index (χ4v) is 4.19. The van der Waals surface area contributed by atoms with Gasteiger partial charge < -0.3 is 15.3 Å². The number of aromatic nitrogens is 2. The summed E-state index contributed by atoms with van der Waals surface area (Å²) in [5.74, 6) is -3.02. The van der Waals surface area contributed by atoms with Crippen LogP contribution in [-0.4, -0.2) is 40.1 Å². The number of hydrogen-bond acceptors (Lipinski definition) is 5. The highest BCUT2D eigenvalue weighted by atomic mass is 19.3. The van der Waals surface area contributed by atoms with Gasteiger partial charge in [-0.05, 0) is 44.5 Å². The van der Waals surface area contributed by atoms with Crippen LogP contribution in [0.3, 0.4) is 0 Å². The molecule has 32 heavy (non-hydrogen) atoms. The van der Waals surface area contributed by atoms with Gasteiger partial charge in [-0.2, -0.15) is 0 Å². The molecular formula is C24H26F2N4O2. The van der Waals surface area contributed by atoms with Crippen molar-refractivity contribution in [1.82, 2.24) is 9.97 Å². The van der Waals surface area contributed by atoms with Gasteiger partial charge in [0, 0.05) is 37.2 Å². The molecule has 8 heteroatoms. The molecule has 0 bridgehead atoms. The molecule has 1 saturated heterocycles. The lowest BCUT2D eigenvalue weighted by Gasteiger charge is -2.33. The van der Waals surface area contributed by atoms with E-state index in [1.165, 1.54) is 0 Å². The first-order chi connectivity index (χ1) is 15.1. The van der Waals surface area contributed by atoms with Crippen LogP contribution in [0.25, 0.3) is 11.0 Å². The van der Waals surface area contributed by atoms with Crippen molar-refractivity contribution in [2.75, 3.05) is 23.3 Å². The number of carboxylic acid groups (broad SMARTS) is 1. The smallest absolute Gasteiger partial charge is 0.337 e. The number of alkyl halides is 2. The summed E-state index contributed by atoms with van der Waals surface area (Å²) in [6, 6.07) is 10.4. The van der Waals surface area contributed by atoms with Crippen LogP contribution in [0, 0.1) is 13.8 Å². The van der Waals surface area contributed by atoms with E-state index in [0.29, 0.717) is 22.7 Å². The third-order valence-electron chi connectivity index (χ3n) is 5.88. The molecule has 2 aromatic carbocycles. The number of hydrogen-bond donors (Lipinski definition) is 2. The number of carboxylic acids is 1. The standard InChI is InChI=1S/C24H26F2N4O2/c1-14-12-18(15(2)27-19-7-5-4-6-17(19)23(31)32)21-20(13-14)28-16(3)22(29-21)30-10-8-24(25,26)9-11-30/h4-7,12-13,15,27H,8-11H2,1-3H3,(H,31,32)/t15-/m1/s1. The van der Waals surface area contributed by atoms with Crippen LogP contribution in [0.2, 0.25) is 0 Å². The number of rotatable bonds is 5. The second kappa shape index (κ2) is 8.33. The van der Waals surface area contributed by atoms with Crippen LogP contribution in [0.5, 0.6) is 0 Å². The molecule has 4 rings (SSSR count). The van der Waals surface area contributed by atoms with Gasteiger partial charge in [0.25, 0.3) is 5.92 Å². The fraction of sp³-hybridized carbons (Fsp3) is 0.375. The number of para-hydroxylation sites is 1. The molecule has 3 aromatic rings. The molecule has 1 fully saturated rings. The zero-order valence-electron chi connectivity index (χ0n) is 18.3. The van der Waals surface area contributed by atoms with Crippen molar-refractivity contribution in [3.8, 4) is 0 Å². The molecule has 0 radical (unpaired) electrons. The van der Waals surface area contributed by atoms with Crippen LogP contribution in [0.15, 0.2) is 36.4 Å². The maximum Gasteiger partial charge on any atom is 0.337 e. The van der Waals surface area contributed by atoms with E-state index in [1.807, 2.05) is 37.8 Å². The Morgan fingerprint density at radius 2 is 1.84 bits per heavy atom. The Bertz CT molecular complexity index is 1170. The monoisotopic (exact) mass is 440 g/mol. The summed E-state index contributed by atoms with van der Waals surface area (Å²) in [5.41, 5.74) is 4.69. The minimum absolute atomic E-state index is 0.188. The molecule has 1 aliphatic heterocycles. The molecule has 0 unspecified atom stereocenters. The largest absolute Gasteiger partial charge is 0.478 e. The van der Waals surface area contributed by atoms with Crippen LogP contribution in [0.4, 0.5) is 20.3 Å². The van der Waals surface area contributed by atoms with Gasteiger partial charge >= 0.3 is 5.97 Å². The Balaban J connectivity index is 1.73. The van der Waals surface area contributed by atoms with E-state index >= 15 is 0 Å². The van der Waals surface area contributed by atoms with Gasteiger partial charge in [0.2, 0.25) is 0 Å². The van der Waals surface area contributed by atoms with Crippen molar-refractivity contribution in [2.24, 2.45) is 0 Å². The van der Waals surface area contributed by atoms with E-state index in [2.05, 4.69) is 5.32 Å². The first-order valence-corrected chi connectivity index (χ1v) is 10.7. The Kier molecular flexibility index (Phi) is 5.71.